The lowest BCUT2D eigenvalue weighted by Gasteiger charge is -2.13. The van der Waals surface area contributed by atoms with Gasteiger partial charge in [-0.1, -0.05) is 109 Å². The Morgan fingerprint density at radius 1 is 0.690 bits per heavy atom. The van der Waals surface area contributed by atoms with E-state index >= 15 is 0 Å². The quantitative estimate of drug-likeness (QED) is 0.360. The van der Waals surface area contributed by atoms with Gasteiger partial charge in [0.15, 0.2) is 0 Å². The van der Waals surface area contributed by atoms with E-state index < -0.39 is 0 Å². The number of hydrogen-bond acceptors (Lipinski definition) is 2. The molecule has 140 valence electrons. The molecule has 0 fully saturated rings. The molecule has 0 amide bonds. The van der Waals surface area contributed by atoms with Crippen LogP contribution in [0.3, 0.4) is 0 Å². The summed E-state index contributed by atoms with van der Waals surface area (Å²) in [5.74, 6) is 0. The van der Waals surface area contributed by atoms with Gasteiger partial charge in [0.1, 0.15) is 0 Å². The van der Waals surface area contributed by atoms with Gasteiger partial charge in [-0.15, -0.1) is 0 Å². The third kappa shape index (κ3) is 4.94. The molecular weight excluding hydrogens is 352 g/mol. The maximum atomic E-state index is 5.19. The molecule has 0 radical (unpaired) electrons. The van der Waals surface area contributed by atoms with Crippen molar-refractivity contribution >= 4 is 11.8 Å². The van der Waals surface area contributed by atoms with Crippen molar-refractivity contribution in [3.05, 3.63) is 144 Å². The predicted octanol–water partition coefficient (Wildman–Crippen LogP) is 6.37. The van der Waals surface area contributed by atoms with Gasteiger partial charge in [-0.05, 0) is 17.2 Å². The molecule has 0 spiro atoms. The number of aromatic nitrogens is 1. The van der Waals surface area contributed by atoms with Crippen molar-refractivity contribution in [3.63, 3.8) is 0 Å². The Morgan fingerprint density at radius 2 is 1.28 bits per heavy atom. The first-order valence-electron chi connectivity index (χ1n) is 9.72. The normalized spacial score (nSPS) is 11.9. The fraction of sp³-hybridized carbons (Fsp3) is 0.0370. The van der Waals surface area contributed by atoms with E-state index in [0.717, 1.165) is 28.0 Å². The number of pyridine rings is 1. The van der Waals surface area contributed by atoms with E-state index in [4.69, 9.17) is 4.99 Å². The average Bonchev–Trinajstić information content (AvgIpc) is 2.82. The molecule has 1 atom stereocenters. The first-order chi connectivity index (χ1) is 14.4. The summed E-state index contributed by atoms with van der Waals surface area (Å²) in [6.07, 6.45) is 7.94. The number of aliphatic imine (C=N–C) groups is 1. The van der Waals surface area contributed by atoms with Crippen molar-refractivity contribution in [1.29, 1.82) is 0 Å². The highest BCUT2D eigenvalue weighted by molar-refractivity contribution is 6.13. The molecule has 2 heteroatoms. The monoisotopic (exact) mass is 374 g/mol. The highest BCUT2D eigenvalue weighted by Crippen LogP contribution is 2.23. The van der Waals surface area contributed by atoms with Gasteiger partial charge in [-0.3, -0.25) is 9.98 Å². The maximum absolute atomic E-state index is 5.19. The highest BCUT2D eigenvalue weighted by atomic mass is 14.8. The van der Waals surface area contributed by atoms with Crippen LogP contribution in [0.25, 0.3) is 6.08 Å². The van der Waals surface area contributed by atoms with Gasteiger partial charge in [-0.2, -0.15) is 0 Å². The molecule has 1 aromatic heterocycles. The highest BCUT2D eigenvalue weighted by Gasteiger charge is 2.12. The zero-order valence-corrected chi connectivity index (χ0v) is 16.1. The fourth-order valence-corrected chi connectivity index (χ4v) is 3.19. The lowest BCUT2D eigenvalue weighted by Crippen LogP contribution is -2.06. The summed E-state index contributed by atoms with van der Waals surface area (Å²) in [7, 11) is 0. The Bertz CT molecular complexity index is 1030. The number of rotatable bonds is 6. The van der Waals surface area contributed by atoms with Gasteiger partial charge in [0, 0.05) is 23.5 Å². The standard InChI is InChI=1S/C27H22N2/c1-4-11-22(12-5-1)18-19-26(25-17-10-20-28-21-25)29-27(23-13-6-2-7-14-23)24-15-8-3-9-16-24/h1-21,26H/b19-18+. The molecule has 1 heterocycles. The van der Waals surface area contributed by atoms with Crippen LogP contribution in [0.2, 0.25) is 0 Å². The van der Waals surface area contributed by atoms with Crippen molar-refractivity contribution in [1.82, 2.24) is 4.98 Å². The molecule has 1 unspecified atom stereocenters. The molecule has 2 nitrogen and oxygen atoms in total. The Labute approximate surface area is 171 Å². The van der Waals surface area contributed by atoms with Crippen LogP contribution in [0.4, 0.5) is 0 Å². The average molecular weight is 374 g/mol. The summed E-state index contributed by atoms with van der Waals surface area (Å²) >= 11 is 0. The minimum Gasteiger partial charge on any atom is -0.272 e. The lowest BCUT2D eigenvalue weighted by atomic mass is 10.0. The van der Waals surface area contributed by atoms with Gasteiger partial charge >= 0.3 is 0 Å². The van der Waals surface area contributed by atoms with Crippen molar-refractivity contribution in [2.45, 2.75) is 6.04 Å². The smallest absolute Gasteiger partial charge is 0.0956 e. The van der Waals surface area contributed by atoms with Crippen molar-refractivity contribution in [2.24, 2.45) is 4.99 Å². The lowest BCUT2D eigenvalue weighted by molar-refractivity contribution is 0.906. The van der Waals surface area contributed by atoms with E-state index in [1.54, 1.807) is 6.20 Å². The third-order valence-corrected chi connectivity index (χ3v) is 4.66. The predicted molar refractivity (Wildman–Crippen MR) is 121 cm³/mol. The van der Waals surface area contributed by atoms with E-state index in [1.807, 2.05) is 66.9 Å². The molecule has 0 N–H and O–H groups in total. The van der Waals surface area contributed by atoms with Gasteiger partial charge in [0.05, 0.1) is 11.8 Å². The van der Waals surface area contributed by atoms with Crippen LogP contribution in [-0.4, -0.2) is 10.7 Å². The first kappa shape index (κ1) is 18.6. The van der Waals surface area contributed by atoms with Crippen molar-refractivity contribution < 1.29 is 0 Å². The number of benzene rings is 3. The van der Waals surface area contributed by atoms with Gasteiger partial charge in [-0.25, -0.2) is 0 Å². The number of nitrogens with zero attached hydrogens (tertiary/aromatic N) is 2. The van der Waals surface area contributed by atoms with Crippen LogP contribution in [0.5, 0.6) is 0 Å². The number of hydrogen-bond donors (Lipinski definition) is 0. The maximum Gasteiger partial charge on any atom is 0.0956 e. The Morgan fingerprint density at radius 3 is 1.83 bits per heavy atom. The third-order valence-electron chi connectivity index (χ3n) is 4.66. The Kier molecular flexibility index (Phi) is 6.04. The van der Waals surface area contributed by atoms with E-state index in [1.165, 1.54) is 0 Å². The molecule has 0 aliphatic carbocycles. The summed E-state index contributed by atoms with van der Waals surface area (Å²) in [6.45, 7) is 0. The van der Waals surface area contributed by atoms with E-state index in [-0.39, 0.29) is 6.04 Å². The molecule has 3 aromatic carbocycles. The molecule has 0 saturated carbocycles. The summed E-state index contributed by atoms with van der Waals surface area (Å²) in [6, 6.07) is 34.9. The molecule has 4 aromatic rings. The summed E-state index contributed by atoms with van der Waals surface area (Å²) in [5, 5.41) is 0. The second-order valence-electron chi connectivity index (χ2n) is 6.71. The summed E-state index contributed by atoms with van der Waals surface area (Å²) < 4.78 is 0. The van der Waals surface area contributed by atoms with E-state index in [0.29, 0.717) is 0 Å². The van der Waals surface area contributed by atoms with Crippen molar-refractivity contribution in [3.8, 4) is 0 Å². The Hall–Kier alpha value is -3.78. The SMILES string of the molecule is C(=C\C(N=C(c1ccccc1)c1ccccc1)c1cccnc1)/c1ccccc1. The molecule has 0 aliphatic rings. The van der Waals surface area contributed by atoms with Gasteiger partial charge in [0.2, 0.25) is 0 Å². The summed E-state index contributed by atoms with van der Waals surface area (Å²) in [5.41, 5.74) is 5.38. The summed E-state index contributed by atoms with van der Waals surface area (Å²) in [4.78, 5) is 9.50. The second-order valence-corrected chi connectivity index (χ2v) is 6.71. The molecule has 4 rings (SSSR count). The first-order valence-corrected chi connectivity index (χ1v) is 9.72. The van der Waals surface area contributed by atoms with Crippen LogP contribution in [-0.2, 0) is 0 Å². The fourth-order valence-electron chi connectivity index (χ4n) is 3.19. The van der Waals surface area contributed by atoms with Crippen LogP contribution in [0.15, 0.2) is 127 Å². The minimum absolute atomic E-state index is 0.140. The molecule has 0 saturated heterocycles. The zero-order chi connectivity index (χ0) is 19.7. The van der Waals surface area contributed by atoms with Crippen molar-refractivity contribution in [2.75, 3.05) is 0 Å². The van der Waals surface area contributed by atoms with Crippen LogP contribution < -0.4 is 0 Å². The van der Waals surface area contributed by atoms with Gasteiger partial charge < -0.3 is 0 Å². The topological polar surface area (TPSA) is 25.2 Å². The minimum atomic E-state index is -0.140. The molecular formula is C27H22N2. The van der Waals surface area contributed by atoms with Crippen LogP contribution in [0, 0.1) is 0 Å². The molecule has 0 aliphatic heterocycles. The van der Waals surface area contributed by atoms with Crippen LogP contribution in [0.1, 0.15) is 28.3 Å². The molecule has 0 bridgehead atoms. The zero-order valence-electron chi connectivity index (χ0n) is 16.1. The largest absolute Gasteiger partial charge is 0.272 e. The van der Waals surface area contributed by atoms with Gasteiger partial charge in [0.25, 0.3) is 0 Å². The van der Waals surface area contributed by atoms with E-state index in [9.17, 15) is 0 Å². The van der Waals surface area contributed by atoms with Crippen LogP contribution >= 0.6 is 0 Å². The molecule has 29 heavy (non-hydrogen) atoms. The Balaban J connectivity index is 1.81. The second kappa shape index (κ2) is 9.43. The van der Waals surface area contributed by atoms with E-state index in [2.05, 4.69) is 59.6 Å².